The number of carbonyl (C=O) groups excluding carboxylic acids is 1. The molecule has 1 unspecified atom stereocenters. The lowest BCUT2D eigenvalue weighted by molar-refractivity contribution is -0.0111. The van der Waals surface area contributed by atoms with E-state index in [1.165, 1.54) is 37.7 Å². The summed E-state index contributed by atoms with van der Waals surface area (Å²) in [5.41, 5.74) is 1.19. The molecule has 1 N–H and O–H groups in total. The Balaban J connectivity index is 1.42. The van der Waals surface area contributed by atoms with E-state index in [2.05, 4.69) is 24.4 Å². The van der Waals surface area contributed by atoms with E-state index < -0.39 is 0 Å². The summed E-state index contributed by atoms with van der Waals surface area (Å²) in [6.07, 6.45) is 6.83. The van der Waals surface area contributed by atoms with E-state index in [1.54, 1.807) is 0 Å². The lowest BCUT2D eigenvalue weighted by Gasteiger charge is -2.54. The number of hydrogen-bond donors (Lipinski definition) is 1. The summed E-state index contributed by atoms with van der Waals surface area (Å²) in [7, 11) is 1.92. The minimum Gasteiger partial charge on any atom is -0.335 e. The molecule has 3 nitrogen and oxygen atoms in total. The number of amides is 2. The molecule has 124 valence electrons. The molecule has 0 spiro atoms. The lowest BCUT2D eigenvalue weighted by Crippen LogP contribution is -2.57. The molecule has 0 heterocycles. The number of nitrogens with one attached hydrogen (secondary N) is 1. The monoisotopic (exact) mass is 312 g/mol. The Labute approximate surface area is 139 Å². The summed E-state index contributed by atoms with van der Waals surface area (Å²) < 4.78 is 0. The quantitative estimate of drug-likeness (QED) is 0.890. The third-order valence-corrected chi connectivity index (χ3v) is 6.70. The van der Waals surface area contributed by atoms with Crippen LogP contribution in [0.5, 0.6) is 0 Å². The second kappa shape index (κ2) is 5.85. The van der Waals surface area contributed by atoms with Gasteiger partial charge in [0.2, 0.25) is 0 Å². The third kappa shape index (κ3) is 2.75. The molecular weight excluding hydrogens is 284 g/mol. The highest BCUT2D eigenvalue weighted by Gasteiger charge is 2.48. The van der Waals surface area contributed by atoms with Crippen molar-refractivity contribution in [3.05, 3.63) is 35.9 Å². The maximum absolute atomic E-state index is 12.8. The SMILES string of the molecule is CC(c1ccccc1)N(C)C(=O)NC1C2CC3CC(C2)CC1C3. The van der Waals surface area contributed by atoms with Gasteiger partial charge in [-0.25, -0.2) is 4.79 Å². The Kier molecular flexibility index (Phi) is 3.82. The highest BCUT2D eigenvalue weighted by atomic mass is 16.2. The number of carbonyl (C=O) groups is 1. The van der Waals surface area contributed by atoms with Gasteiger partial charge in [-0.2, -0.15) is 0 Å². The second-order valence-corrected chi connectivity index (χ2v) is 8.10. The van der Waals surface area contributed by atoms with Gasteiger partial charge in [-0.1, -0.05) is 30.3 Å². The van der Waals surface area contributed by atoms with Gasteiger partial charge < -0.3 is 10.2 Å². The van der Waals surface area contributed by atoms with Crippen molar-refractivity contribution in [3.8, 4) is 0 Å². The first-order valence-electron chi connectivity index (χ1n) is 9.20. The van der Waals surface area contributed by atoms with Crippen molar-refractivity contribution in [2.24, 2.45) is 23.7 Å². The van der Waals surface area contributed by atoms with Crippen molar-refractivity contribution in [1.82, 2.24) is 10.2 Å². The second-order valence-electron chi connectivity index (χ2n) is 8.10. The molecule has 3 heteroatoms. The highest BCUT2D eigenvalue weighted by Crippen LogP contribution is 2.53. The van der Waals surface area contributed by atoms with Gasteiger partial charge in [0.05, 0.1) is 6.04 Å². The van der Waals surface area contributed by atoms with Gasteiger partial charge in [0.1, 0.15) is 0 Å². The average molecular weight is 312 g/mol. The van der Waals surface area contributed by atoms with Crippen LogP contribution in [-0.4, -0.2) is 24.0 Å². The summed E-state index contributed by atoms with van der Waals surface area (Å²) >= 11 is 0. The fourth-order valence-electron chi connectivity index (χ4n) is 5.54. The predicted molar refractivity (Wildman–Crippen MR) is 92.0 cm³/mol. The van der Waals surface area contributed by atoms with E-state index in [0.29, 0.717) is 6.04 Å². The van der Waals surface area contributed by atoms with Crippen molar-refractivity contribution >= 4 is 6.03 Å². The smallest absolute Gasteiger partial charge is 0.317 e. The van der Waals surface area contributed by atoms with Crippen LogP contribution < -0.4 is 5.32 Å². The van der Waals surface area contributed by atoms with Crippen molar-refractivity contribution in [1.29, 1.82) is 0 Å². The molecule has 5 rings (SSSR count). The molecule has 0 aromatic heterocycles. The number of nitrogens with zero attached hydrogens (tertiary/aromatic N) is 1. The van der Waals surface area contributed by atoms with E-state index in [9.17, 15) is 4.79 Å². The van der Waals surface area contributed by atoms with Crippen LogP contribution in [0.3, 0.4) is 0 Å². The molecule has 1 atom stereocenters. The van der Waals surface area contributed by atoms with Crippen molar-refractivity contribution in [3.63, 3.8) is 0 Å². The first-order chi connectivity index (χ1) is 11.1. The van der Waals surface area contributed by atoms with E-state index >= 15 is 0 Å². The molecule has 1 aromatic rings. The van der Waals surface area contributed by atoms with Crippen LogP contribution in [0.25, 0.3) is 0 Å². The van der Waals surface area contributed by atoms with Crippen LogP contribution in [0.1, 0.15) is 50.6 Å². The summed E-state index contributed by atoms with van der Waals surface area (Å²) in [6, 6.07) is 10.9. The lowest BCUT2D eigenvalue weighted by atomic mass is 9.54. The van der Waals surface area contributed by atoms with E-state index in [1.807, 2.05) is 30.1 Å². The fourth-order valence-corrected chi connectivity index (χ4v) is 5.54. The minimum absolute atomic E-state index is 0.0961. The summed E-state index contributed by atoms with van der Waals surface area (Å²) in [4.78, 5) is 14.6. The zero-order valence-corrected chi connectivity index (χ0v) is 14.2. The van der Waals surface area contributed by atoms with E-state index in [4.69, 9.17) is 0 Å². The maximum Gasteiger partial charge on any atom is 0.317 e. The largest absolute Gasteiger partial charge is 0.335 e. The fraction of sp³-hybridized carbons (Fsp3) is 0.650. The average Bonchev–Trinajstić information content (AvgIpc) is 2.56. The zero-order chi connectivity index (χ0) is 16.0. The Morgan fingerprint density at radius 3 is 2.17 bits per heavy atom. The minimum atomic E-state index is 0.0961. The van der Waals surface area contributed by atoms with Gasteiger partial charge in [-0.05, 0) is 68.3 Å². The molecule has 4 aliphatic carbocycles. The van der Waals surface area contributed by atoms with Gasteiger partial charge in [0.25, 0.3) is 0 Å². The van der Waals surface area contributed by atoms with Crippen LogP contribution in [0.2, 0.25) is 0 Å². The van der Waals surface area contributed by atoms with E-state index in [0.717, 1.165) is 23.7 Å². The summed E-state index contributed by atoms with van der Waals surface area (Å²) in [5, 5.41) is 3.40. The summed E-state index contributed by atoms with van der Waals surface area (Å²) in [6.45, 7) is 2.10. The van der Waals surface area contributed by atoms with Gasteiger partial charge in [-0.15, -0.1) is 0 Å². The van der Waals surface area contributed by atoms with E-state index in [-0.39, 0.29) is 12.1 Å². The molecular formula is C20H28N2O. The highest BCUT2D eigenvalue weighted by molar-refractivity contribution is 5.75. The standard InChI is InChI=1S/C20H28N2O/c1-13(16-6-4-3-5-7-16)22(2)20(23)21-19-17-9-14-8-15(11-17)12-18(19)10-14/h3-7,13-15,17-19H,8-12H2,1-2H3,(H,21,23). The molecule has 4 aliphatic rings. The Morgan fingerprint density at radius 2 is 1.61 bits per heavy atom. The molecule has 4 bridgehead atoms. The van der Waals surface area contributed by atoms with Crippen LogP contribution >= 0.6 is 0 Å². The predicted octanol–water partition coefficient (Wildman–Crippen LogP) is 4.21. The Morgan fingerprint density at radius 1 is 1.04 bits per heavy atom. The maximum atomic E-state index is 12.8. The first-order valence-corrected chi connectivity index (χ1v) is 9.20. The summed E-state index contributed by atoms with van der Waals surface area (Å²) in [5.74, 6) is 3.37. The van der Waals surface area contributed by atoms with Crippen molar-refractivity contribution in [2.75, 3.05) is 7.05 Å². The molecule has 4 fully saturated rings. The topological polar surface area (TPSA) is 32.3 Å². The number of hydrogen-bond acceptors (Lipinski definition) is 1. The molecule has 4 saturated carbocycles. The molecule has 0 aliphatic heterocycles. The molecule has 2 amide bonds. The van der Waals surface area contributed by atoms with Crippen LogP contribution in [-0.2, 0) is 0 Å². The third-order valence-electron chi connectivity index (χ3n) is 6.70. The van der Waals surface area contributed by atoms with Gasteiger partial charge in [-0.3, -0.25) is 0 Å². The Hall–Kier alpha value is -1.51. The zero-order valence-electron chi connectivity index (χ0n) is 14.2. The van der Waals surface area contributed by atoms with Crippen LogP contribution in [0.15, 0.2) is 30.3 Å². The number of benzene rings is 1. The van der Waals surface area contributed by atoms with Crippen molar-refractivity contribution < 1.29 is 4.79 Å². The first kappa shape index (κ1) is 15.0. The van der Waals surface area contributed by atoms with Crippen LogP contribution in [0, 0.1) is 23.7 Å². The Bertz CT molecular complexity index is 542. The van der Waals surface area contributed by atoms with Gasteiger partial charge >= 0.3 is 6.03 Å². The van der Waals surface area contributed by atoms with Crippen molar-refractivity contribution in [2.45, 2.75) is 51.1 Å². The normalized spacial score (nSPS) is 35.8. The number of urea groups is 1. The molecule has 23 heavy (non-hydrogen) atoms. The number of rotatable bonds is 3. The van der Waals surface area contributed by atoms with Gasteiger partial charge in [0.15, 0.2) is 0 Å². The molecule has 0 radical (unpaired) electrons. The molecule has 0 saturated heterocycles. The van der Waals surface area contributed by atoms with Gasteiger partial charge in [0, 0.05) is 13.1 Å². The van der Waals surface area contributed by atoms with Crippen LogP contribution in [0.4, 0.5) is 4.79 Å². The molecule has 1 aromatic carbocycles.